The van der Waals surface area contributed by atoms with Crippen LogP contribution < -0.4 is 0 Å². The van der Waals surface area contributed by atoms with Crippen LogP contribution in [0.15, 0.2) is 37.1 Å². The molecule has 0 aliphatic heterocycles. The van der Waals surface area contributed by atoms with Crippen LogP contribution in [0.1, 0.15) is 6.92 Å². The van der Waals surface area contributed by atoms with E-state index in [1.165, 1.54) is 0 Å². The third-order valence-corrected chi connectivity index (χ3v) is 2.64. The Kier molecular flexibility index (Phi) is 9.49. The second-order valence-corrected chi connectivity index (χ2v) is 3.96. The van der Waals surface area contributed by atoms with E-state index < -0.39 is 0 Å². The van der Waals surface area contributed by atoms with Crippen molar-refractivity contribution in [1.29, 1.82) is 0 Å². The van der Waals surface area contributed by atoms with Crippen LogP contribution in [0.2, 0.25) is 0 Å². The van der Waals surface area contributed by atoms with Gasteiger partial charge in [0.15, 0.2) is 0 Å². The zero-order chi connectivity index (χ0) is 13.1. The summed E-state index contributed by atoms with van der Waals surface area (Å²) in [4.78, 5) is 4.51. The van der Waals surface area contributed by atoms with Gasteiger partial charge in [-0.3, -0.25) is 0 Å². The Morgan fingerprint density at radius 3 is 2.53 bits per heavy atom. The van der Waals surface area contributed by atoms with E-state index >= 15 is 0 Å². The lowest BCUT2D eigenvalue weighted by Crippen LogP contribution is -2.33. The molecule has 0 heterocycles. The van der Waals surface area contributed by atoms with Crippen molar-refractivity contribution in [2.75, 3.05) is 46.9 Å². The number of rotatable bonds is 10. The van der Waals surface area contributed by atoms with Gasteiger partial charge in [-0.15, -0.1) is 0 Å². The van der Waals surface area contributed by atoms with Gasteiger partial charge in [0, 0.05) is 39.0 Å². The molecule has 0 saturated carbocycles. The Hall–Kier alpha value is -1.06. The summed E-state index contributed by atoms with van der Waals surface area (Å²) in [7, 11) is 3.84. The van der Waals surface area contributed by atoms with Gasteiger partial charge in [-0.05, 0) is 20.0 Å². The molecule has 0 bridgehead atoms. The van der Waals surface area contributed by atoms with Gasteiger partial charge in [0.05, 0.1) is 6.61 Å². The lowest BCUT2D eigenvalue weighted by molar-refractivity contribution is 0.156. The predicted molar refractivity (Wildman–Crippen MR) is 75.1 cm³/mol. The van der Waals surface area contributed by atoms with Gasteiger partial charge in [-0.1, -0.05) is 25.3 Å². The Balaban J connectivity index is 4.00. The SMILES string of the molecule is C=C/C=C\C(=C)N(CC)CCN(C)CCOC. The monoisotopic (exact) mass is 238 g/mol. The summed E-state index contributed by atoms with van der Waals surface area (Å²) in [5.41, 5.74) is 1.03. The molecular formula is C14H26N2O. The van der Waals surface area contributed by atoms with E-state index in [2.05, 4.69) is 36.9 Å². The maximum absolute atomic E-state index is 5.05. The van der Waals surface area contributed by atoms with Gasteiger partial charge in [-0.25, -0.2) is 0 Å². The first-order chi connectivity index (χ1) is 8.15. The maximum Gasteiger partial charge on any atom is 0.0589 e. The molecule has 98 valence electrons. The fourth-order valence-corrected chi connectivity index (χ4v) is 1.44. The van der Waals surface area contributed by atoms with E-state index in [1.807, 2.05) is 12.2 Å². The molecule has 0 aromatic carbocycles. The maximum atomic E-state index is 5.05. The van der Waals surface area contributed by atoms with Crippen LogP contribution in [0.3, 0.4) is 0 Å². The van der Waals surface area contributed by atoms with Crippen LogP contribution in [0.25, 0.3) is 0 Å². The highest BCUT2D eigenvalue weighted by atomic mass is 16.5. The summed E-state index contributed by atoms with van der Waals surface area (Å²) in [6.07, 6.45) is 5.68. The van der Waals surface area contributed by atoms with Gasteiger partial charge in [0.2, 0.25) is 0 Å². The van der Waals surface area contributed by atoms with Crippen molar-refractivity contribution in [2.24, 2.45) is 0 Å². The molecule has 0 amide bonds. The predicted octanol–water partition coefficient (Wildman–Crippen LogP) is 2.14. The van der Waals surface area contributed by atoms with E-state index in [1.54, 1.807) is 13.2 Å². The van der Waals surface area contributed by atoms with E-state index in [4.69, 9.17) is 4.74 Å². The molecule has 3 nitrogen and oxygen atoms in total. The zero-order valence-electron chi connectivity index (χ0n) is 11.5. The van der Waals surface area contributed by atoms with Gasteiger partial charge >= 0.3 is 0 Å². The summed E-state index contributed by atoms with van der Waals surface area (Å²) in [5, 5.41) is 0. The molecule has 0 radical (unpaired) electrons. The largest absolute Gasteiger partial charge is 0.383 e. The van der Waals surface area contributed by atoms with Crippen molar-refractivity contribution in [3.05, 3.63) is 37.1 Å². The Labute approximate surface area is 106 Å². The van der Waals surface area contributed by atoms with Gasteiger partial charge < -0.3 is 14.5 Å². The number of allylic oxidation sites excluding steroid dienone is 3. The zero-order valence-corrected chi connectivity index (χ0v) is 11.5. The third-order valence-electron chi connectivity index (χ3n) is 2.64. The van der Waals surface area contributed by atoms with Crippen LogP contribution >= 0.6 is 0 Å². The summed E-state index contributed by atoms with van der Waals surface area (Å²) in [6.45, 7) is 14.6. The van der Waals surface area contributed by atoms with Crippen molar-refractivity contribution in [2.45, 2.75) is 6.92 Å². The standard InChI is InChI=1S/C14H26N2O/c1-6-8-9-14(3)16(7-2)11-10-15(4)12-13-17-5/h6,8-9H,1,3,7,10-13H2,2,4-5H3/b9-8-. The first-order valence-corrected chi connectivity index (χ1v) is 6.06. The van der Waals surface area contributed by atoms with Crippen molar-refractivity contribution >= 4 is 0 Å². The number of methoxy groups -OCH3 is 1. The average molecular weight is 238 g/mol. The molecule has 0 atom stereocenters. The Bertz CT molecular complexity index is 249. The molecule has 0 fully saturated rings. The number of likely N-dealkylation sites (N-methyl/N-ethyl adjacent to an activating group) is 2. The van der Waals surface area contributed by atoms with E-state index in [-0.39, 0.29) is 0 Å². The normalized spacial score (nSPS) is 11.1. The second kappa shape index (κ2) is 10.1. The highest BCUT2D eigenvalue weighted by Crippen LogP contribution is 2.03. The molecule has 0 N–H and O–H groups in total. The van der Waals surface area contributed by atoms with E-state index in [0.29, 0.717) is 0 Å². The molecule has 0 aromatic rings. The van der Waals surface area contributed by atoms with Crippen LogP contribution in [0.5, 0.6) is 0 Å². The van der Waals surface area contributed by atoms with Crippen molar-refractivity contribution in [3.63, 3.8) is 0 Å². The summed E-state index contributed by atoms with van der Waals surface area (Å²) in [5.74, 6) is 0. The molecule has 0 aliphatic carbocycles. The van der Waals surface area contributed by atoms with Gasteiger partial charge in [-0.2, -0.15) is 0 Å². The lowest BCUT2D eigenvalue weighted by Gasteiger charge is -2.26. The van der Waals surface area contributed by atoms with Crippen LogP contribution in [0, 0.1) is 0 Å². The molecule has 0 aliphatic rings. The minimum Gasteiger partial charge on any atom is -0.383 e. The fourth-order valence-electron chi connectivity index (χ4n) is 1.44. The highest BCUT2D eigenvalue weighted by Gasteiger charge is 2.04. The van der Waals surface area contributed by atoms with Crippen LogP contribution in [-0.4, -0.2) is 56.7 Å². The first-order valence-electron chi connectivity index (χ1n) is 6.06. The number of ether oxygens (including phenoxy) is 1. The number of nitrogens with zero attached hydrogens (tertiary/aromatic N) is 2. The number of hydrogen-bond acceptors (Lipinski definition) is 3. The fraction of sp³-hybridized carbons (Fsp3) is 0.571. The molecule has 3 heteroatoms. The van der Waals surface area contributed by atoms with Crippen LogP contribution in [0.4, 0.5) is 0 Å². The molecule has 0 saturated heterocycles. The molecule has 0 rings (SSSR count). The van der Waals surface area contributed by atoms with E-state index in [0.717, 1.165) is 38.5 Å². The number of hydrogen-bond donors (Lipinski definition) is 0. The summed E-state index contributed by atoms with van der Waals surface area (Å²) >= 11 is 0. The Morgan fingerprint density at radius 2 is 2.00 bits per heavy atom. The van der Waals surface area contributed by atoms with Crippen molar-refractivity contribution < 1.29 is 4.74 Å². The van der Waals surface area contributed by atoms with E-state index in [9.17, 15) is 0 Å². The summed E-state index contributed by atoms with van der Waals surface area (Å²) < 4.78 is 5.05. The average Bonchev–Trinajstić information content (AvgIpc) is 2.34. The van der Waals surface area contributed by atoms with Crippen LogP contribution in [-0.2, 0) is 4.74 Å². The molecule has 0 aromatic heterocycles. The van der Waals surface area contributed by atoms with Crippen molar-refractivity contribution in [3.8, 4) is 0 Å². The van der Waals surface area contributed by atoms with Gasteiger partial charge in [0.25, 0.3) is 0 Å². The highest BCUT2D eigenvalue weighted by molar-refractivity contribution is 5.17. The molecule has 0 spiro atoms. The Morgan fingerprint density at radius 1 is 1.29 bits per heavy atom. The molecule has 17 heavy (non-hydrogen) atoms. The first kappa shape index (κ1) is 15.9. The van der Waals surface area contributed by atoms with Gasteiger partial charge in [0.1, 0.15) is 0 Å². The topological polar surface area (TPSA) is 15.7 Å². The summed E-state index contributed by atoms with van der Waals surface area (Å²) in [6, 6.07) is 0. The minimum absolute atomic E-state index is 0.778. The smallest absolute Gasteiger partial charge is 0.0589 e. The molecule has 0 unspecified atom stereocenters. The van der Waals surface area contributed by atoms with Crippen molar-refractivity contribution in [1.82, 2.24) is 9.80 Å². The molecular weight excluding hydrogens is 212 g/mol. The second-order valence-electron chi connectivity index (χ2n) is 3.96. The lowest BCUT2D eigenvalue weighted by atomic mass is 10.3. The quantitative estimate of drug-likeness (QED) is 0.542. The minimum atomic E-state index is 0.778. The third kappa shape index (κ3) is 7.77.